The third kappa shape index (κ3) is 4.10. The van der Waals surface area contributed by atoms with E-state index in [9.17, 15) is 9.18 Å². The van der Waals surface area contributed by atoms with E-state index < -0.39 is 11.6 Å². The van der Waals surface area contributed by atoms with Crippen LogP contribution in [0.4, 0.5) is 9.09 Å². The van der Waals surface area contributed by atoms with Crippen LogP contribution in [0.1, 0.15) is 34.5 Å². The van der Waals surface area contributed by atoms with Crippen molar-refractivity contribution in [2.24, 2.45) is 11.8 Å². The highest BCUT2D eigenvalue weighted by molar-refractivity contribution is 5.79. The highest BCUT2D eigenvalue weighted by Gasteiger charge is 2.41. The summed E-state index contributed by atoms with van der Waals surface area (Å²) in [6, 6.07) is 1.85. The minimum Gasteiger partial charge on any atom is -0.343 e. The van der Waals surface area contributed by atoms with Gasteiger partial charge in [-0.05, 0) is 39.0 Å². The maximum absolute atomic E-state index is 14.0. The maximum Gasteiger partial charge on any atom is 0.224 e. The van der Waals surface area contributed by atoms with Crippen LogP contribution in [-0.4, -0.2) is 18.1 Å². The van der Waals surface area contributed by atoms with Crippen LogP contribution in [0.5, 0.6) is 0 Å². The summed E-state index contributed by atoms with van der Waals surface area (Å²) in [6.45, 7) is 7.25. The monoisotopic (exact) mass is 260 g/mol. The van der Waals surface area contributed by atoms with Crippen molar-refractivity contribution in [1.29, 1.82) is 5.26 Å². The maximum atomic E-state index is 14.0. The van der Waals surface area contributed by atoms with E-state index in [2.05, 4.69) is 11.9 Å². The molecule has 0 saturated heterocycles. The Balaban J connectivity index is 0. The molecule has 3 atom stereocenters. The van der Waals surface area contributed by atoms with E-state index in [1.807, 2.05) is 13.0 Å². The van der Waals surface area contributed by atoms with Gasteiger partial charge in [-0.3, -0.25) is 9.50 Å². The van der Waals surface area contributed by atoms with E-state index in [-0.39, 0.29) is 30.9 Å². The fourth-order valence-corrected chi connectivity index (χ4v) is 2.48. The summed E-state index contributed by atoms with van der Waals surface area (Å²) in [6.07, 6.45) is 1.32. The van der Waals surface area contributed by atoms with Crippen molar-refractivity contribution >= 4 is 5.91 Å². The summed E-state index contributed by atoms with van der Waals surface area (Å²) in [5, 5.41) is 11.0. The SMILES string of the molecule is C=C(C)[C@@H]1CCC(C)(F)C[C@H]1C(=O)NCC#N.F.[HH]. The van der Waals surface area contributed by atoms with Crippen LogP contribution in [-0.2, 0) is 4.79 Å². The van der Waals surface area contributed by atoms with Crippen LogP contribution in [0.3, 0.4) is 0 Å². The molecule has 1 aliphatic carbocycles. The molecule has 5 heteroatoms. The molecule has 1 unspecified atom stereocenters. The first-order chi connectivity index (χ1) is 7.87. The van der Waals surface area contributed by atoms with Gasteiger partial charge in [0.2, 0.25) is 5.91 Å². The molecule has 0 aromatic heterocycles. The Kier molecular flexibility index (Phi) is 5.96. The van der Waals surface area contributed by atoms with Gasteiger partial charge in [0, 0.05) is 7.34 Å². The average molecular weight is 260 g/mol. The molecular formula is C13H22F2N2O. The zero-order chi connectivity index (χ0) is 13.1. The highest BCUT2D eigenvalue weighted by Crippen LogP contribution is 2.41. The lowest BCUT2D eigenvalue weighted by molar-refractivity contribution is -0.129. The third-order valence-corrected chi connectivity index (χ3v) is 3.42. The Morgan fingerprint density at radius 3 is 2.78 bits per heavy atom. The van der Waals surface area contributed by atoms with Crippen LogP contribution in [0.25, 0.3) is 0 Å². The molecule has 0 aromatic rings. The molecule has 1 amide bonds. The predicted octanol–water partition coefficient (Wildman–Crippen LogP) is 2.75. The van der Waals surface area contributed by atoms with Crippen molar-refractivity contribution in [2.45, 2.75) is 38.8 Å². The average Bonchev–Trinajstić information content (AvgIpc) is 2.24. The summed E-state index contributed by atoms with van der Waals surface area (Å²) in [7, 11) is 0. The molecule has 1 saturated carbocycles. The molecule has 0 aromatic carbocycles. The van der Waals surface area contributed by atoms with Crippen LogP contribution in [0, 0.1) is 23.2 Å². The Hall–Kier alpha value is -1.44. The van der Waals surface area contributed by atoms with Crippen molar-refractivity contribution in [2.75, 3.05) is 6.54 Å². The summed E-state index contributed by atoms with van der Waals surface area (Å²) >= 11 is 0. The summed E-state index contributed by atoms with van der Waals surface area (Å²) in [5.41, 5.74) is -0.377. The fraction of sp³-hybridized carbons (Fsp3) is 0.692. The van der Waals surface area contributed by atoms with E-state index in [0.29, 0.717) is 12.8 Å². The number of nitriles is 1. The molecule has 1 N–H and O–H groups in total. The second-order valence-corrected chi connectivity index (χ2v) is 5.09. The van der Waals surface area contributed by atoms with Crippen LogP contribution in [0.2, 0.25) is 0 Å². The predicted molar refractivity (Wildman–Crippen MR) is 68.4 cm³/mol. The molecule has 0 heterocycles. The molecule has 3 nitrogen and oxygen atoms in total. The summed E-state index contributed by atoms with van der Waals surface area (Å²) < 4.78 is 14.0. The van der Waals surface area contributed by atoms with Crippen molar-refractivity contribution in [3.05, 3.63) is 12.2 Å². The molecule has 0 aliphatic heterocycles. The van der Waals surface area contributed by atoms with Gasteiger partial charge in [-0.15, -0.1) is 0 Å². The number of rotatable bonds is 3. The zero-order valence-electron chi connectivity index (χ0n) is 10.8. The topological polar surface area (TPSA) is 52.9 Å². The van der Waals surface area contributed by atoms with Gasteiger partial charge >= 0.3 is 0 Å². The Morgan fingerprint density at radius 2 is 2.28 bits per heavy atom. The molecule has 0 spiro atoms. The van der Waals surface area contributed by atoms with Crippen molar-refractivity contribution < 1.29 is 15.3 Å². The lowest BCUT2D eigenvalue weighted by Gasteiger charge is -2.37. The lowest BCUT2D eigenvalue weighted by Crippen LogP contribution is -2.43. The largest absolute Gasteiger partial charge is 0.343 e. The van der Waals surface area contributed by atoms with Crippen LogP contribution < -0.4 is 5.32 Å². The van der Waals surface area contributed by atoms with E-state index in [1.165, 1.54) is 6.92 Å². The first-order valence-corrected chi connectivity index (χ1v) is 5.86. The Bertz CT molecular complexity index is 366. The molecule has 1 fully saturated rings. The van der Waals surface area contributed by atoms with Gasteiger partial charge in [-0.1, -0.05) is 12.2 Å². The molecule has 1 rings (SSSR count). The number of allylic oxidation sites excluding steroid dienone is 1. The van der Waals surface area contributed by atoms with Crippen LogP contribution >= 0.6 is 0 Å². The van der Waals surface area contributed by atoms with Gasteiger partial charge < -0.3 is 5.32 Å². The number of halogens is 2. The van der Waals surface area contributed by atoms with Gasteiger partial charge in [-0.2, -0.15) is 5.26 Å². The first-order valence-electron chi connectivity index (χ1n) is 5.86. The summed E-state index contributed by atoms with van der Waals surface area (Å²) in [4.78, 5) is 11.9. The molecule has 0 bridgehead atoms. The van der Waals surface area contributed by atoms with E-state index in [0.717, 1.165) is 5.57 Å². The van der Waals surface area contributed by atoms with Gasteiger partial charge in [0.1, 0.15) is 12.2 Å². The van der Waals surface area contributed by atoms with Gasteiger partial charge in [0.25, 0.3) is 0 Å². The second-order valence-electron chi connectivity index (χ2n) is 5.09. The molecular weight excluding hydrogens is 238 g/mol. The number of amides is 1. The second kappa shape index (κ2) is 6.48. The number of carbonyl (C=O) groups excluding carboxylic acids is 1. The highest BCUT2D eigenvalue weighted by atomic mass is 19.1. The minimum absolute atomic E-state index is 0. The molecule has 18 heavy (non-hydrogen) atoms. The van der Waals surface area contributed by atoms with Gasteiger partial charge in [-0.25, -0.2) is 4.39 Å². The Morgan fingerprint density at radius 1 is 1.67 bits per heavy atom. The van der Waals surface area contributed by atoms with E-state index in [1.54, 1.807) is 0 Å². The van der Waals surface area contributed by atoms with Crippen molar-refractivity contribution in [1.82, 2.24) is 5.32 Å². The Labute approximate surface area is 108 Å². The molecule has 1 aliphatic rings. The first kappa shape index (κ1) is 16.6. The molecule has 104 valence electrons. The van der Waals surface area contributed by atoms with Crippen molar-refractivity contribution in [3.63, 3.8) is 0 Å². The number of carbonyl (C=O) groups is 1. The van der Waals surface area contributed by atoms with E-state index >= 15 is 0 Å². The van der Waals surface area contributed by atoms with Gasteiger partial charge in [0.05, 0.1) is 6.07 Å². The number of hydrogen-bond acceptors (Lipinski definition) is 2. The van der Waals surface area contributed by atoms with E-state index in [4.69, 9.17) is 5.26 Å². The number of nitrogens with zero attached hydrogens (tertiary/aromatic N) is 1. The van der Waals surface area contributed by atoms with Crippen LogP contribution in [0.15, 0.2) is 12.2 Å². The third-order valence-electron chi connectivity index (χ3n) is 3.42. The fourth-order valence-electron chi connectivity index (χ4n) is 2.48. The standard InChI is InChI=1S/C13H19FN2O.FH.H2/c1-9(2)10-4-5-13(3,14)8-11(10)12(17)16-7-6-15;;/h10-11H,1,4-5,7-8H2,2-3H3,(H,16,17);2*1H/t10-,11+,13?;;/m0../s1. The van der Waals surface area contributed by atoms with Gasteiger partial charge in [0.15, 0.2) is 0 Å². The lowest BCUT2D eigenvalue weighted by atomic mass is 9.70. The molecule has 0 radical (unpaired) electrons. The zero-order valence-corrected chi connectivity index (χ0v) is 10.8. The smallest absolute Gasteiger partial charge is 0.224 e. The normalized spacial score (nSPS) is 30.8. The van der Waals surface area contributed by atoms with Crippen molar-refractivity contribution in [3.8, 4) is 6.07 Å². The quantitative estimate of drug-likeness (QED) is 0.626. The minimum atomic E-state index is -1.29. The number of hydrogen-bond donors (Lipinski definition) is 1. The number of alkyl halides is 1. The number of nitrogens with one attached hydrogen (secondary N) is 1. The summed E-state index contributed by atoms with van der Waals surface area (Å²) in [5.74, 6) is -0.606.